The Morgan fingerprint density at radius 2 is 2.08 bits per heavy atom. The van der Waals surface area contributed by atoms with Gasteiger partial charge in [0.25, 0.3) is 5.91 Å². The first-order valence-corrected chi connectivity index (χ1v) is 8.99. The third-order valence-corrected chi connectivity index (χ3v) is 5.10. The lowest BCUT2D eigenvalue weighted by Crippen LogP contribution is -2.46. The van der Waals surface area contributed by atoms with E-state index in [1.165, 1.54) is 0 Å². The number of anilines is 1. The van der Waals surface area contributed by atoms with E-state index in [-0.39, 0.29) is 24.2 Å². The molecule has 2 aliphatic rings. The number of carbonyl (C=O) groups is 2. The van der Waals surface area contributed by atoms with Crippen LogP contribution in [0.4, 0.5) is 5.69 Å². The van der Waals surface area contributed by atoms with Crippen molar-refractivity contribution in [3.63, 3.8) is 0 Å². The second kappa shape index (κ2) is 9.27. The molecular weight excluding hydrogens is 348 g/mol. The average molecular weight is 371 g/mol. The molecule has 8 heteroatoms. The number of amides is 2. The molecule has 0 aromatic heterocycles. The molecule has 132 valence electrons. The summed E-state index contributed by atoms with van der Waals surface area (Å²) in [5.41, 5.74) is 1.33. The van der Waals surface area contributed by atoms with Crippen LogP contribution in [0.15, 0.2) is 23.1 Å². The van der Waals surface area contributed by atoms with Crippen molar-refractivity contribution in [2.45, 2.75) is 11.3 Å². The van der Waals surface area contributed by atoms with Crippen molar-refractivity contribution in [3.05, 3.63) is 23.8 Å². The Hall–Kier alpha value is -1.28. The van der Waals surface area contributed by atoms with Crippen LogP contribution in [0.3, 0.4) is 0 Å². The zero-order chi connectivity index (χ0) is 16.1. The summed E-state index contributed by atoms with van der Waals surface area (Å²) in [7, 11) is 0. The number of nitrogens with zero attached hydrogens (tertiary/aromatic N) is 1. The molecule has 24 heavy (non-hydrogen) atoms. The second-order valence-electron chi connectivity index (χ2n) is 5.71. The Labute approximate surface area is 152 Å². The molecule has 0 atom stereocenters. The van der Waals surface area contributed by atoms with Gasteiger partial charge in [-0.15, -0.1) is 24.2 Å². The fraction of sp³-hybridized carbons (Fsp3) is 0.500. The van der Waals surface area contributed by atoms with Gasteiger partial charge >= 0.3 is 0 Å². The van der Waals surface area contributed by atoms with Gasteiger partial charge in [0, 0.05) is 61.9 Å². The maximum absolute atomic E-state index is 12.3. The van der Waals surface area contributed by atoms with E-state index in [2.05, 4.69) is 20.9 Å². The molecule has 0 saturated carbocycles. The van der Waals surface area contributed by atoms with E-state index >= 15 is 0 Å². The van der Waals surface area contributed by atoms with E-state index in [0.29, 0.717) is 18.5 Å². The van der Waals surface area contributed by atoms with Gasteiger partial charge in [0.1, 0.15) is 0 Å². The molecule has 0 unspecified atom stereocenters. The third kappa shape index (κ3) is 5.11. The Bertz CT molecular complexity index is 593. The molecule has 1 fully saturated rings. The predicted molar refractivity (Wildman–Crippen MR) is 99.3 cm³/mol. The van der Waals surface area contributed by atoms with Crippen molar-refractivity contribution >= 4 is 41.7 Å². The smallest absolute Gasteiger partial charge is 0.251 e. The summed E-state index contributed by atoms with van der Waals surface area (Å²) in [5, 5.41) is 9.14. The van der Waals surface area contributed by atoms with Crippen LogP contribution in [0.1, 0.15) is 16.8 Å². The summed E-state index contributed by atoms with van der Waals surface area (Å²) >= 11 is 1.64. The van der Waals surface area contributed by atoms with Crippen LogP contribution in [0.2, 0.25) is 0 Å². The average Bonchev–Trinajstić information content (AvgIpc) is 2.75. The predicted octanol–water partition coefficient (Wildman–Crippen LogP) is 1.18. The van der Waals surface area contributed by atoms with Crippen molar-refractivity contribution in [1.29, 1.82) is 0 Å². The van der Waals surface area contributed by atoms with Crippen molar-refractivity contribution in [1.82, 2.24) is 15.5 Å². The van der Waals surface area contributed by atoms with Crippen molar-refractivity contribution in [2.75, 3.05) is 50.3 Å². The molecule has 3 rings (SSSR count). The van der Waals surface area contributed by atoms with Gasteiger partial charge in [0.05, 0.1) is 5.69 Å². The summed E-state index contributed by atoms with van der Waals surface area (Å²) in [6.45, 7) is 5.57. The minimum absolute atomic E-state index is 0. The summed E-state index contributed by atoms with van der Waals surface area (Å²) in [6, 6.07) is 5.51. The Kier molecular flexibility index (Phi) is 7.36. The van der Waals surface area contributed by atoms with E-state index in [4.69, 9.17) is 0 Å². The van der Waals surface area contributed by atoms with Crippen LogP contribution < -0.4 is 16.0 Å². The van der Waals surface area contributed by atoms with Crippen LogP contribution in [0, 0.1) is 0 Å². The summed E-state index contributed by atoms with van der Waals surface area (Å²) in [5.74, 6) is 0.689. The monoisotopic (exact) mass is 370 g/mol. The SMILES string of the molecule is Cl.O=C1CCSc2ccc(C(=O)NCCN3CCNCC3)cc2N1. The van der Waals surface area contributed by atoms with Crippen LogP contribution in [-0.2, 0) is 4.79 Å². The van der Waals surface area contributed by atoms with Gasteiger partial charge in [-0.3, -0.25) is 14.5 Å². The maximum atomic E-state index is 12.3. The van der Waals surface area contributed by atoms with Crippen LogP contribution in [0.25, 0.3) is 0 Å². The number of rotatable bonds is 4. The van der Waals surface area contributed by atoms with E-state index in [0.717, 1.165) is 49.1 Å². The van der Waals surface area contributed by atoms with Crippen LogP contribution >= 0.6 is 24.2 Å². The number of nitrogens with one attached hydrogen (secondary N) is 3. The summed E-state index contributed by atoms with van der Waals surface area (Å²) < 4.78 is 0. The van der Waals surface area contributed by atoms with E-state index < -0.39 is 0 Å². The van der Waals surface area contributed by atoms with Crippen molar-refractivity contribution in [2.24, 2.45) is 0 Å². The van der Waals surface area contributed by atoms with Crippen molar-refractivity contribution in [3.8, 4) is 0 Å². The Morgan fingerprint density at radius 1 is 1.29 bits per heavy atom. The molecule has 6 nitrogen and oxygen atoms in total. The second-order valence-corrected chi connectivity index (χ2v) is 6.84. The minimum Gasteiger partial charge on any atom is -0.351 e. The highest BCUT2D eigenvalue weighted by molar-refractivity contribution is 7.99. The van der Waals surface area contributed by atoms with E-state index in [9.17, 15) is 9.59 Å². The fourth-order valence-corrected chi connectivity index (χ4v) is 3.66. The van der Waals surface area contributed by atoms with Gasteiger partial charge < -0.3 is 16.0 Å². The number of carbonyl (C=O) groups excluding carboxylic acids is 2. The molecule has 2 heterocycles. The molecule has 0 aliphatic carbocycles. The first kappa shape index (κ1) is 19.1. The van der Waals surface area contributed by atoms with Gasteiger partial charge in [-0.1, -0.05) is 0 Å². The molecule has 2 aliphatic heterocycles. The summed E-state index contributed by atoms with van der Waals surface area (Å²) in [6.07, 6.45) is 0.506. The molecule has 1 aromatic carbocycles. The number of benzene rings is 1. The zero-order valence-corrected chi connectivity index (χ0v) is 15.1. The first-order chi connectivity index (χ1) is 11.2. The highest BCUT2D eigenvalue weighted by atomic mass is 35.5. The molecular formula is C16H23ClN4O2S. The lowest BCUT2D eigenvalue weighted by molar-refractivity contribution is -0.115. The number of hydrogen-bond acceptors (Lipinski definition) is 5. The zero-order valence-electron chi connectivity index (χ0n) is 13.5. The molecule has 2 amide bonds. The minimum atomic E-state index is -0.0913. The molecule has 0 spiro atoms. The standard InChI is InChI=1S/C16H22N4O2S.ClH/c21-15-3-10-23-14-2-1-12(11-13(14)19-15)16(22)18-6-9-20-7-4-17-5-8-20;/h1-2,11,17H,3-10H2,(H,18,22)(H,19,21);1H. The number of hydrogen-bond donors (Lipinski definition) is 3. The lowest BCUT2D eigenvalue weighted by atomic mass is 10.2. The van der Waals surface area contributed by atoms with Crippen LogP contribution in [-0.4, -0.2) is 61.7 Å². The molecule has 0 bridgehead atoms. The van der Waals surface area contributed by atoms with Crippen LogP contribution in [0.5, 0.6) is 0 Å². The van der Waals surface area contributed by atoms with Gasteiger partial charge in [-0.25, -0.2) is 0 Å². The topological polar surface area (TPSA) is 73.5 Å². The number of halogens is 1. The highest BCUT2D eigenvalue weighted by Crippen LogP contribution is 2.31. The number of thioether (sulfide) groups is 1. The fourth-order valence-electron chi connectivity index (χ4n) is 2.73. The van der Waals surface area contributed by atoms with Gasteiger partial charge in [0.15, 0.2) is 0 Å². The Morgan fingerprint density at radius 3 is 2.88 bits per heavy atom. The Balaban J connectivity index is 0.00000208. The van der Waals surface area contributed by atoms with E-state index in [1.54, 1.807) is 17.8 Å². The first-order valence-electron chi connectivity index (χ1n) is 8.00. The molecule has 0 radical (unpaired) electrons. The quantitative estimate of drug-likeness (QED) is 0.742. The lowest BCUT2D eigenvalue weighted by Gasteiger charge is -2.27. The van der Waals surface area contributed by atoms with Gasteiger partial charge in [-0.05, 0) is 18.2 Å². The number of piperazine rings is 1. The maximum Gasteiger partial charge on any atom is 0.251 e. The normalized spacial score (nSPS) is 17.9. The van der Waals surface area contributed by atoms with Gasteiger partial charge in [-0.2, -0.15) is 0 Å². The molecule has 1 saturated heterocycles. The summed E-state index contributed by atoms with van der Waals surface area (Å²) in [4.78, 5) is 27.3. The van der Waals surface area contributed by atoms with Gasteiger partial charge in [0.2, 0.25) is 5.91 Å². The number of fused-ring (bicyclic) bond motifs is 1. The third-order valence-electron chi connectivity index (χ3n) is 4.03. The highest BCUT2D eigenvalue weighted by Gasteiger charge is 2.16. The molecule has 3 N–H and O–H groups in total. The largest absolute Gasteiger partial charge is 0.351 e. The van der Waals surface area contributed by atoms with Crippen molar-refractivity contribution < 1.29 is 9.59 Å². The van der Waals surface area contributed by atoms with E-state index in [1.807, 2.05) is 12.1 Å². The molecule has 1 aromatic rings.